The summed E-state index contributed by atoms with van der Waals surface area (Å²) < 4.78 is 70.7. The Labute approximate surface area is 115 Å². The first-order valence-electron chi connectivity index (χ1n) is 5.58. The highest BCUT2D eigenvalue weighted by atomic mass is 19.2. The monoisotopic (exact) mass is 302 g/mol. The van der Waals surface area contributed by atoms with Crippen molar-refractivity contribution in [3.63, 3.8) is 0 Å². The Morgan fingerprint density at radius 2 is 1.57 bits per heavy atom. The highest BCUT2D eigenvalue weighted by molar-refractivity contribution is 6.10. The zero-order valence-corrected chi connectivity index (χ0v) is 10.5. The summed E-state index contributed by atoms with van der Waals surface area (Å²) in [5, 5.41) is 0. The number of carbonyl (C=O) groups is 1. The van der Waals surface area contributed by atoms with Gasteiger partial charge in [0.25, 0.3) is 0 Å². The van der Waals surface area contributed by atoms with Crippen molar-refractivity contribution in [2.45, 2.75) is 0 Å². The summed E-state index contributed by atoms with van der Waals surface area (Å²) in [5.41, 5.74) is -1.33. The highest BCUT2D eigenvalue weighted by Gasteiger charge is 2.25. The van der Waals surface area contributed by atoms with E-state index in [1.165, 1.54) is 0 Å². The predicted molar refractivity (Wildman–Crippen MR) is 62.7 cm³/mol. The second kappa shape index (κ2) is 5.51. The van der Waals surface area contributed by atoms with Crippen molar-refractivity contribution in [3.8, 4) is 5.75 Å². The van der Waals surface area contributed by atoms with Crippen LogP contribution >= 0.6 is 0 Å². The smallest absolute Gasteiger partial charge is 0.204 e. The molecule has 2 aromatic carbocycles. The maximum absolute atomic E-state index is 13.5. The van der Waals surface area contributed by atoms with Gasteiger partial charge in [-0.05, 0) is 18.2 Å². The first-order chi connectivity index (χ1) is 9.86. The van der Waals surface area contributed by atoms with Crippen LogP contribution in [-0.2, 0) is 0 Å². The van der Waals surface area contributed by atoms with Gasteiger partial charge in [-0.1, -0.05) is 0 Å². The van der Waals surface area contributed by atoms with E-state index in [1.807, 2.05) is 0 Å². The predicted octanol–water partition coefficient (Wildman–Crippen LogP) is 3.62. The zero-order valence-electron chi connectivity index (χ0n) is 10.5. The molecule has 0 heterocycles. The van der Waals surface area contributed by atoms with Crippen LogP contribution in [0.15, 0.2) is 24.3 Å². The van der Waals surface area contributed by atoms with Crippen LogP contribution in [0.5, 0.6) is 5.75 Å². The van der Waals surface area contributed by atoms with E-state index in [1.54, 1.807) is 0 Å². The minimum Gasteiger partial charge on any atom is -0.493 e. The molecule has 0 amide bonds. The van der Waals surface area contributed by atoms with Gasteiger partial charge in [0, 0.05) is 6.07 Å². The molecule has 0 fully saturated rings. The van der Waals surface area contributed by atoms with Gasteiger partial charge in [0.05, 0.1) is 18.2 Å². The van der Waals surface area contributed by atoms with E-state index < -0.39 is 51.7 Å². The molecule has 0 aliphatic rings. The van der Waals surface area contributed by atoms with Gasteiger partial charge in [-0.15, -0.1) is 0 Å². The second-order valence-corrected chi connectivity index (χ2v) is 4.02. The molecule has 0 N–H and O–H groups in total. The van der Waals surface area contributed by atoms with Crippen LogP contribution in [0.2, 0.25) is 0 Å². The molecule has 0 saturated carbocycles. The summed E-state index contributed by atoms with van der Waals surface area (Å²) in [6.07, 6.45) is 0. The molecule has 2 aromatic rings. The lowest BCUT2D eigenvalue weighted by molar-refractivity contribution is 0.103. The van der Waals surface area contributed by atoms with Crippen molar-refractivity contribution in [1.29, 1.82) is 0 Å². The summed E-state index contributed by atoms with van der Waals surface area (Å²) in [7, 11) is 0.938. The van der Waals surface area contributed by atoms with Crippen molar-refractivity contribution in [3.05, 3.63) is 64.5 Å². The number of benzene rings is 2. The normalized spacial score (nSPS) is 10.6. The molecule has 0 spiro atoms. The van der Waals surface area contributed by atoms with Gasteiger partial charge in [-0.2, -0.15) is 4.39 Å². The quantitative estimate of drug-likeness (QED) is 0.492. The molecule has 7 heteroatoms. The Morgan fingerprint density at radius 3 is 2.14 bits per heavy atom. The fraction of sp³-hybridized carbons (Fsp3) is 0.0714. The summed E-state index contributed by atoms with van der Waals surface area (Å²) in [6.45, 7) is 0. The fourth-order valence-corrected chi connectivity index (χ4v) is 1.77. The number of ether oxygens (including phenoxy) is 1. The Morgan fingerprint density at radius 1 is 0.905 bits per heavy atom. The van der Waals surface area contributed by atoms with E-state index in [-0.39, 0.29) is 0 Å². The van der Waals surface area contributed by atoms with Crippen molar-refractivity contribution in [2.24, 2.45) is 0 Å². The van der Waals surface area contributed by atoms with Crippen LogP contribution in [0, 0.1) is 29.1 Å². The zero-order chi connectivity index (χ0) is 15.7. The van der Waals surface area contributed by atoms with Gasteiger partial charge in [0.2, 0.25) is 5.82 Å². The molecule has 0 saturated heterocycles. The summed E-state index contributed by atoms with van der Waals surface area (Å²) in [6, 6.07) is 2.45. The standard InChI is InChI=1S/C14H7F5O2/c1-21-14-8(5-10(17)11(18)12(14)19)13(20)7-3-2-6(15)4-9(7)16/h2-5H,1H3. The van der Waals surface area contributed by atoms with Crippen LogP contribution in [0.3, 0.4) is 0 Å². The van der Waals surface area contributed by atoms with Crippen LogP contribution < -0.4 is 4.74 Å². The lowest BCUT2D eigenvalue weighted by atomic mass is 10.0. The second-order valence-electron chi connectivity index (χ2n) is 4.02. The van der Waals surface area contributed by atoms with Gasteiger partial charge in [0.15, 0.2) is 23.2 Å². The average molecular weight is 302 g/mol. The van der Waals surface area contributed by atoms with E-state index >= 15 is 0 Å². The molecule has 2 nitrogen and oxygen atoms in total. The maximum atomic E-state index is 13.5. The number of carbonyl (C=O) groups excluding carboxylic acids is 1. The van der Waals surface area contributed by atoms with Crippen LogP contribution in [0.1, 0.15) is 15.9 Å². The lowest BCUT2D eigenvalue weighted by Gasteiger charge is -2.10. The fourth-order valence-electron chi connectivity index (χ4n) is 1.77. The Bertz CT molecular complexity index is 728. The van der Waals surface area contributed by atoms with Gasteiger partial charge in [0.1, 0.15) is 11.6 Å². The molecular formula is C14H7F5O2. The Kier molecular flexibility index (Phi) is 3.93. The molecule has 21 heavy (non-hydrogen) atoms. The third kappa shape index (κ3) is 2.58. The summed E-state index contributed by atoms with van der Waals surface area (Å²) >= 11 is 0. The number of hydrogen-bond donors (Lipinski definition) is 0. The SMILES string of the molecule is COc1c(C(=O)c2ccc(F)cc2F)cc(F)c(F)c1F. The van der Waals surface area contributed by atoms with E-state index in [9.17, 15) is 26.7 Å². The van der Waals surface area contributed by atoms with Crippen molar-refractivity contribution in [1.82, 2.24) is 0 Å². The van der Waals surface area contributed by atoms with E-state index in [0.717, 1.165) is 19.2 Å². The number of rotatable bonds is 3. The molecule has 110 valence electrons. The van der Waals surface area contributed by atoms with E-state index in [4.69, 9.17) is 0 Å². The van der Waals surface area contributed by atoms with Crippen molar-refractivity contribution < 1.29 is 31.5 Å². The van der Waals surface area contributed by atoms with E-state index in [0.29, 0.717) is 12.1 Å². The highest BCUT2D eigenvalue weighted by Crippen LogP contribution is 2.29. The Hall–Kier alpha value is -2.44. The van der Waals surface area contributed by atoms with Crippen LogP contribution in [0.25, 0.3) is 0 Å². The summed E-state index contributed by atoms with van der Waals surface area (Å²) in [4.78, 5) is 12.1. The molecule has 2 rings (SSSR count). The molecule has 0 aliphatic heterocycles. The largest absolute Gasteiger partial charge is 0.493 e. The third-order valence-electron chi connectivity index (χ3n) is 2.74. The van der Waals surface area contributed by atoms with Crippen molar-refractivity contribution in [2.75, 3.05) is 7.11 Å². The third-order valence-corrected chi connectivity index (χ3v) is 2.74. The molecule has 0 atom stereocenters. The molecular weight excluding hydrogens is 295 g/mol. The first-order valence-corrected chi connectivity index (χ1v) is 5.58. The van der Waals surface area contributed by atoms with E-state index in [2.05, 4.69) is 4.74 Å². The average Bonchev–Trinajstić information content (AvgIpc) is 2.44. The minimum atomic E-state index is -1.82. The molecule has 0 unspecified atom stereocenters. The number of methoxy groups -OCH3 is 1. The van der Waals surface area contributed by atoms with Crippen LogP contribution in [0.4, 0.5) is 22.0 Å². The van der Waals surface area contributed by atoms with Gasteiger partial charge in [-0.25, -0.2) is 17.6 Å². The number of halogens is 5. The van der Waals surface area contributed by atoms with Crippen LogP contribution in [-0.4, -0.2) is 12.9 Å². The summed E-state index contributed by atoms with van der Waals surface area (Å²) in [5.74, 6) is -9.31. The molecule has 0 aliphatic carbocycles. The van der Waals surface area contributed by atoms with Gasteiger partial charge < -0.3 is 4.74 Å². The lowest BCUT2D eigenvalue weighted by Crippen LogP contribution is -2.10. The Balaban J connectivity index is 2.63. The molecule has 0 aromatic heterocycles. The van der Waals surface area contributed by atoms with Gasteiger partial charge >= 0.3 is 0 Å². The van der Waals surface area contributed by atoms with Crippen molar-refractivity contribution >= 4 is 5.78 Å². The van der Waals surface area contributed by atoms with Gasteiger partial charge in [-0.3, -0.25) is 4.79 Å². The first kappa shape index (κ1) is 15.0. The number of ketones is 1. The number of hydrogen-bond acceptors (Lipinski definition) is 2. The maximum Gasteiger partial charge on any atom is 0.204 e. The molecule has 0 bridgehead atoms. The minimum absolute atomic E-state index is 0.391. The topological polar surface area (TPSA) is 26.3 Å². The molecule has 0 radical (unpaired) electrons.